The number of hydrogen-bond donors (Lipinski definition) is 0. The molecule has 0 saturated carbocycles. The van der Waals surface area contributed by atoms with Gasteiger partial charge < -0.3 is 14.4 Å². The van der Waals surface area contributed by atoms with Gasteiger partial charge in [0.1, 0.15) is 17.4 Å². The van der Waals surface area contributed by atoms with Crippen molar-refractivity contribution in [2.24, 2.45) is 5.92 Å². The number of thiocarbonyl (C=S) groups is 1. The molecule has 0 atom stereocenters. The highest BCUT2D eigenvalue weighted by atomic mass is 32.1. The van der Waals surface area contributed by atoms with Crippen molar-refractivity contribution >= 4 is 17.2 Å². The molecule has 3 rings (SSSR count). The summed E-state index contributed by atoms with van der Waals surface area (Å²) in [6, 6.07) is 12.2. The number of ether oxygens (including phenoxy) is 2. The van der Waals surface area contributed by atoms with Crippen molar-refractivity contribution in [2.75, 3.05) is 19.7 Å². The molecule has 0 spiro atoms. The maximum atomic E-state index is 13.3. The van der Waals surface area contributed by atoms with Crippen LogP contribution in [0.1, 0.15) is 37.8 Å². The Balaban J connectivity index is 1.72. The van der Waals surface area contributed by atoms with Crippen LogP contribution in [0.3, 0.4) is 0 Å². The molecule has 0 aromatic heterocycles. The fourth-order valence-electron chi connectivity index (χ4n) is 3.21. The minimum atomic E-state index is -0.266. The largest absolute Gasteiger partial charge is 0.490 e. The third-order valence-corrected chi connectivity index (χ3v) is 5.34. The molecule has 3 nitrogen and oxygen atoms in total. The molecule has 1 saturated heterocycles. The number of halogens is 1. The van der Waals surface area contributed by atoms with Crippen LogP contribution in [0, 0.1) is 11.7 Å². The molecule has 1 fully saturated rings. The monoisotopic (exact) mass is 387 g/mol. The SMILES string of the molecule is CCOc1cc(C(=S)N2CCC(C)CC2)ccc1OCc1cccc(F)c1. The van der Waals surface area contributed by atoms with Gasteiger partial charge in [-0.1, -0.05) is 31.3 Å². The molecule has 5 heteroatoms. The summed E-state index contributed by atoms with van der Waals surface area (Å²) >= 11 is 5.71. The zero-order valence-electron chi connectivity index (χ0n) is 15.9. The van der Waals surface area contributed by atoms with Crippen molar-refractivity contribution in [3.05, 3.63) is 59.4 Å². The molecule has 27 heavy (non-hydrogen) atoms. The maximum Gasteiger partial charge on any atom is 0.161 e. The van der Waals surface area contributed by atoms with Crippen LogP contribution in [0.2, 0.25) is 0 Å². The van der Waals surface area contributed by atoms with E-state index >= 15 is 0 Å². The molecule has 0 aliphatic carbocycles. The lowest BCUT2D eigenvalue weighted by Gasteiger charge is -2.32. The van der Waals surface area contributed by atoms with E-state index in [1.165, 1.54) is 25.0 Å². The molecule has 0 amide bonds. The highest BCUT2D eigenvalue weighted by Gasteiger charge is 2.20. The summed E-state index contributed by atoms with van der Waals surface area (Å²) in [4.78, 5) is 3.13. The van der Waals surface area contributed by atoms with Crippen LogP contribution in [-0.4, -0.2) is 29.6 Å². The quantitative estimate of drug-likeness (QED) is 0.634. The highest BCUT2D eigenvalue weighted by molar-refractivity contribution is 7.80. The third kappa shape index (κ3) is 5.19. The van der Waals surface area contributed by atoms with Crippen LogP contribution < -0.4 is 9.47 Å². The molecule has 0 bridgehead atoms. The Kier molecular flexibility index (Phi) is 6.67. The molecule has 0 radical (unpaired) electrons. The Labute approximate surface area is 166 Å². The number of nitrogens with zero attached hydrogens (tertiary/aromatic N) is 1. The molecular formula is C22H26FNO2S. The first-order chi connectivity index (χ1) is 13.1. The van der Waals surface area contributed by atoms with Gasteiger partial charge in [0.15, 0.2) is 11.5 Å². The van der Waals surface area contributed by atoms with Crippen molar-refractivity contribution in [1.29, 1.82) is 0 Å². The Morgan fingerprint density at radius 2 is 1.89 bits per heavy atom. The van der Waals surface area contributed by atoms with E-state index < -0.39 is 0 Å². The second-order valence-electron chi connectivity index (χ2n) is 6.99. The molecule has 2 aromatic rings. The number of benzene rings is 2. The van der Waals surface area contributed by atoms with Gasteiger partial charge in [0, 0.05) is 18.7 Å². The van der Waals surface area contributed by atoms with Crippen molar-refractivity contribution in [3.63, 3.8) is 0 Å². The second-order valence-corrected chi connectivity index (χ2v) is 7.37. The maximum absolute atomic E-state index is 13.3. The zero-order chi connectivity index (χ0) is 19.2. The molecule has 0 unspecified atom stereocenters. The van der Waals surface area contributed by atoms with E-state index in [1.54, 1.807) is 6.07 Å². The third-order valence-electron chi connectivity index (χ3n) is 4.84. The highest BCUT2D eigenvalue weighted by Crippen LogP contribution is 2.30. The van der Waals surface area contributed by atoms with Crippen LogP contribution in [0.5, 0.6) is 11.5 Å². The van der Waals surface area contributed by atoms with Crippen LogP contribution in [0.4, 0.5) is 4.39 Å². The average Bonchev–Trinajstić information content (AvgIpc) is 2.67. The number of likely N-dealkylation sites (tertiary alicyclic amines) is 1. The minimum absolute atomic E-state index is 0.266. The molecule has 2 aromatic carbocycles. The van der Waals surface area contributed by atoms with Crippen LogP contribution in [-0.2, 0) is 6.61 Å². The standard InChI is InChI=1S/C22H26FNO2S/c1-3-25-21-14-18(22(27)24-11-9-16(2)10-12-24)7-8-20(21)26-15-17-5-4-6-19(23)13-17/h4-8,13-14,16H,3,9-12,15H2,1-2H3. The normalized spacial score (nSPS) is 14.9. The van der Waals surface area contributed by atoms with Gasteiger partial charge in [-0.2, -0.15) is 0 Å². The fraction of sp³-hybridized carbons (Fsp3) is 0.409. The van der Waals surface area contributed by atoms with Crippen molar-refractivity contribution in [3.8, 4) is 11.5 Å². The predicted molar refractivity (Wildman–Crippen MR) is 110 cm³/mol. The van der Waals surface area contributed by atoms with E-state index in [-0.39, 0.29) is 12.4 Å². The van der Waals surface area contributed by atoms with Gasteiger partial charge in [0.2, 0.25) is 0 Å². The van der Waals surface area contributed by atoms with E-state index in [2.05, 4.69) is 11.8 Å². The minimum Gasteiger partial charge on any atom is -0.490 e. The lowest BCUT2D eigenvalue weighted by molar-refractivity contribution is 0.268. The van der Waals surface area contributed by atoms with E-state index in [0.29, 0.717) is 18.1 Å². The fourth-order valence-corrected chi connectivity index (χ4v) is 3.52. The summed E-state index contributed by atoms with van der Waals surface area (Å²) in [6.07, 6.45) is 2.35. The Morgan fingerprint density at radius 1 is 1.11 bits per heavy atom. The average molecular weight is 388 g/mol. The topological polar surface area (TPSA) is 21.7 Å². The summed E-state index contributed by atoms with van der Waals surface area (Å²) in [5.74, 6) is 1.80. The van der Waals surface area contributed by atoms with Gasteiger partial charge in [-0.25, -0.2) is 4.39 Å². The van der Waals surface area contributed by atoms with Crippen LogP contribution >= 0.6 is 12.2 Å². The summed E-state index contributed by atoms with van der Waals surface area (Å²) in [7, 11) is 0. The smallest absolute Gasteiger partial charge is 0.161 e. The van der Waals surface area contributed by atoms with Crippen molar-refractivity contribution in [1.82, 2.24) is 4.90 Å². The lowest BCUT2D eigenvalue weighted by Crippen LogP contribution is -2.37. The lowest BCUT2D eigenvalue weighted by atomic mass is 9.99. The van der Waals surface area contributed by atoms with Gasteiger partial charge >= 0.3 is 0 Å². The second kappa shape index (κ2) is 9.18. The van der Waals surface area contributed by atoms with Gasteiger partial charge in [-0.05, 0) is 61.6 Å². The van der Waals surface area contributed by atoms with E-state index in [4.69, 9.17) is 21.7 Å². The zero-order valence-corrected chi connectivity index (χ0v) is 16.7. The Morgan fingerprint density at radius 3 is 2.59 bits per heavy atom. The summed E-state index contributed by atoms with van der Waals surface area (Å²) in [5, 5.41) is 0. The molecule has 0 N–H and O–H groups in total. The first kappa shape index (κ1) is 19.6. The van der Waals surface area contributed by atoms with E-state index in [0.717, 1.165) is 35.1 Å². The van der Waals surface area contributed by atoms with Gasteiger partial charge in [0.25, 0.3) is 0 Å². The van der Waals surface area contributed by atoms with Gasteiger partial charge in [-0.3, -0.25) is 0 Å². The van der Waals surface area contributed by atoms with E-state index in [9.17, 15) is 4.39 Å². The number of hydrogen-bond acceptors (Lipinski definition) is 3. The molecule has 1 aliphatic heterocycles. The Bertz CT molecular complexity index is 788. The molecular weight excluding hydrogens is 361 g/mol. The number of rotatable bonds is 6. The van der Waals surface area contributed by atoms with Gasteiger partial charge in [-0.15, -0.1) is 0 Å². The first-order valence-corrected chi connectivity index (χ1v) is 9.91. The van der Waals surface area contributed by atoms with Crippen molar-refractivity contribution < 1.29 is 13.9 Å². The molecule has 1 heterocycles. The first-order valence-electron chi connectivity index (χ1n) is 9.50. The molecule has 1 aliphatic rings. The van der Waals surface area contributed by atoms with Crippen LogP contribution in [0.15, 0.2) is 42.5 Å². The Hall–Kier alpha value is -2.14. The summed E-state index contributed by atoms with van der Waals surface area (Å²) in [5.41, 5.74) is 1.75. The summed E-state index contributed by atoms with van der Waals surface area (Å²) < 4.78 is 25.0. The summed E-state index contributed by atoms with van der Waals surface area (Å²) in [6.45, 7) is 7.05. The van der Waals surface area contributed by atoms with Crippen LogP contribution in [0.25, 0.3) is 0 Å². The van der Waals surface area contributed by atoms with Gasteiger partial charge in [0.05, 0.1) is 6.61 Å². The van der Waals surface area contributed by atoms with Crippen molar-refractivity contribution in [2.45, 2.75) is 33.3 Å². The number of piperidine rings is 1. The molecule has 144 valence electrons. The van der Waals surface area contributed by atoms with E-state index in [1.807, 2.05) is 31.2 Å². The predicted octanol–water partition coefficient (Wildman–Crippen LogP) is 5.21.